The standard InChI is InChI=1S/C17H24N4O4/c1-12-10-20(11-13(2)18-12)16-4-3-14(21(23)24)9-15(16)17(22)19-5-7-25-8-6-19/h3-4,9,12-13,18H,5-8,10-11H2,1-2H3/p+1/t12-,13+. The lowest BCUT2D eigenvalue weighted by Gasteiger charge is -2.36. The molecule has 2 N–H and O–H groups in total. The quantitative estimate of drug-likeness (QED) is 0.623. The van der Waals surface area contributed by atoms with Gasteiger partial charge >= 0.3 is 0 Å². The van der Waals surface area contributed by atoms with E-state index in [1.807, 2.05) is 0 Å². The number of carbonyl (C=O) groups excluding carboxylic acids is 1. The minimum atomic E-state index is -0.449. The van der Waals surface area contributed by atoms with Crippen LogP contribution in [0.4, 0.5) is 11.4 Å². The van der Waals surface area contributed by atoms with Gasteiger partial charge in [-0.1, -0.05) is 0 Å². The van der Waals surface area contributed by atoms with Gasteiger partial charge in [0, 0.05) is 25.2 Å². The largest absolute Gasteiger partial charge is 0.378 e. The second-order valence-electron chi connectivity index (χ2n) is 6.92. The predicted molar refractivity (Wildman–Crippen MR) is 92.9 cm³/mol. The van der Waals surface area contributed by atoms with Crippen LogP contribution < -0.4 is 10.2 Å². The van der Waals surface area contributed by atoms with Gasteiger partial charge in [0.15, 0.2) is 0 Å². The number of ether oxygens (including phenoxy) is 1. The van der Waals surface area contributed by atoms with Crippen molar-refractivity contribution < 1.29 is 19.8 Å². The van der Waals surface area contributed by atoms with Crippen LogP contribution in [0.2, 0.25) is 0 Å². The Morgan fingerprint density at radius 3 is 2.48 bits per heavy atom. The number of morpholine rings is 1. The summed E-state index contributed by atoms with van der Waals surface area (Å²) in [5.41, 5.74) is 1.15. The number of hydrogen-bond donors (Lipinski definition) is 1. The number of benzene rings is 1. The van der Waals surface area contributed by atoms with E-state index in [1.54, 1.807) is 11.0 Å². The molecule has 2 aliphatic heterocycles. The summed E-state index contributed by atoms with van der Waals surface area (Å²) < 4.78 is 5.31. The minimum absolute atomic E-state index is 0.0509. The van der Waals surface area contributed by atoms with Crippen LogP contribution in [-0.2, 0) is 4.74 Å². The molecule has 136 valence electrons. The molecule has 0 spiro atoms. The van der Waals surface area contributed by atoms with E-state index in [0.29, 0.717) is 44.0 Å². The number of nitro groups is 1. The van der Waals surface area contributed by atoms with E-state index >= 15 is 0 Å². The smallest absolute Gasteiger partial charge is 0.270 e. The number of anilines is 1. The Balaban J connectivity index is 1.96. The van der Waals surface area contributed by atoms with Crippen LogP contribution in [0.25, 0.3) is 0 Å². The zero-order valence-electron chi connectivity index (χ0n) is 14.7. The molecule has 25 heavy (non-hydrogen) atoms. The first-order valence-electron chi connectivity index (χ1n) is 8.71. The lowest BCUT2D eigenvalue weighted by molar-refractivity contribution is -0.716. The van der Waals surface area contributed by atoms with Gasteiger partial charge in [-0.25, -0.2) is 0 Å². The first kappa shape index (κ1) is 17.6. The molecule has 2 saturated heterocycles. The third-order valence-electron chi connectivity index (χ3n) is 4.73. The van der Waals surface area contributed by atoms with Crippen LogP contribution in [-0.4, -0.2) is 67.2 Å². The van der Waals surface area contributed by atoms with Gasteiger partial charge in [-0.15, -0.1) is 0 Å². The number of rotatable bonds is 3. The SMILES string of the molecule is C[C@@H]1CN(c2ccc([N+](=O)[O-])cc2C(=O)N2CCOCC2)C[C@H](C)[NH2+]1. The van der Waals surface area contributed by atoms with Crippen molar-refractivity contribution >= 4 is 17.3 Å². The first-order valence-corrected chi connectivity index (χ1v) is 8.71. The van der Waals surface area contributed by atoms with Gasteiger partial charge in [0.25, 0.3) is 11.6 Å². The maximum Gasteiger partial charge on any atom is 0.270 e. The second kappa shape index (κ2) is 7.37. The van der Waals surface area contributed by atoms with Crippen molar-refractivity contribution in [1.29, 1.82) is 0 Å². The molecule has 8 heteroatoms. The molecule has 2 atom stereocenters. The summed E-state index contributed by atoms with van der Waals surface area (Å²) in [5, 5.41) is 13.5. The lowest BCUT2D eigenvalue weighted by Crippen LogP contribution is -2.99. The molecule has 3 rings (SSSR count). The zero-order chi connectivity index (χ0) is 18.0. The summed E-state index contributed by atoms with van der Waals surface area (Å²) >= 11 is 0. The molecule has 0 aromatic heterocycles. The van der Waals surface area contributed by atoms with E-state index in [9.17, 15) is 14.9 Å². The van der Waals surface area contributed by atoms with Crippen LogP contribution in [0.1, 0.15) is 24.2 Å². The summed E-state index contributed by atoms with van der Waals surface area (Å²) in [5.74, 6) is -0.156. The highest BCUT2D eigenvalue weighted by atomic mass is 16.6. The molecule has 2 aliphatic rings. The number of non-ortho nitro benzene ring substituents is 1. The third-order valence-corrected chi connectivity index (χ3v) is 4.73. The molecule has 0 saturated carbocycles. The fraction of sp³-hybridized carbons (Fsp3) is 0.588. The predicted octanol–water partition coefficient (Wildman–Crippen LogP) is 0.228. The highest BCUT2D eigenvalue weighted by molar-refractivity contribution is 6.00. The minimum Gasteiger partial charge on any atom is -0.378 e. The molecule has 0 unspecified atom stereocenters. The Bertz CT molecular complexity index is 650. The van der Waals surface area contributed by atoms with Crippen molar-refractivity contribution in [2.75, 3.05) is 44.3 Å². The van der Waals surface area contributed by atoms with Crippen molar-refractivity contribution in [2.45, 2.75) is 25.9 Å². The van der Waals surface area contributed by atoms with Gasteiger partial charge in [-0.05, 0) is 19.9 Å². The molecule has 1 aromatic rings. The van der Waals surface area contributed by atoms with Crippen molar-refractivity contribution in [3.05, 3.63) is 33.9 Å². The monoisotopic (exact) mass is 349 g/mol. The summed E-state index contributed by atoms with van der Waals surface area (Å²) in [6.07, 6.45) is 0. The fourth-order valence-corrected chi connectivity index (χ4v) is 3.67. The van der Waals surface area contributed by atoms with Crippen LogP contribution in [0.5, 0.6) is 0 Å². The maximum absolute atomic E-state index is 13.0. The number of nitrogens with zero attached hydrogens (tertiary/aromatic N) is 3. The lowest BCUT2D eigenvalue weighted by atomic mass is 10.1. The molecule has 2 fully saturated rings. The van der Waals surface area contributed by atoms with Gasteiger partial charge in [0.05, 0.1) is 42.5 Å². The molecule has 8 nitrogen and oxygen atoms in total. The van der Waals surface area contributed by atoms with E-state index in [2.05, 4.69) is 24.1 Å². The maximum atomic E-state index is 13.0. The van der Waals surface area contributed by atoms with Gasteiger partial charge in [-0.2, -0.15) is 0 Å². The van der Waals surface area contributed by atoms with Crippen molar-refractivity contribution in [2.24, 2.45) is 0 Å². The number of nitro benzene ring substituents is 1. The highest BCUT2D eigenvalue weighted by Crippen LogP contribution is 2.28. The number of carbonyl (C=O) groups is 1. The summed E-state index contributed by atoms with van der Waals surface area (Å²) in [6.45, 7) is 7.96. The Labute approximate surface area is 146 Å². The Kier molecular flexibility index (Phi) is 5.19. The molecule has 1 amide bonds. The van der Waals surface area contributed by atoms with Crippen LogP contribution in [0.3, 0.4) is 0 Å². The van der Waals surface area contributed by atoms with E-state index in [4.69, 9.17) is 4.74 Å². The summed E-state index contributed by atoms with van der Waals surface area (Å²) in [6, 6.07) is 5.44. The van der Waals surface area contributed by atoms with Crippen LogP contribution in [0, 0.1) is 10.1 Å². The Morgan fingerprint density at radius 2 is 1.88 bits per heavy atom. The summed E-state index contributed by atoms with van der Waals surface area (Å²) in [7, 11) is 0. The molecule has 0 aliphatic carbocycles. The van der Waals surface area contributed by atoms with E-state index in [0.717, 1.165) is 18.8 Å². The van der Waals surface area contributed by atoms with Crippen molar-refractivity contribution in [1.82, 2.24) is 4.90 Å². The average Bonchev–Trinajstić information content (AvgIpc) is 2.60. The number of piperazine rings is 1. The highest BCUT2D eigenvalue weighted by Gasteiger charge is 2.30. The number of nitrogens with two attached hydrogens (primary N) is 1. The molecule has 0 bridgehead atoms. The second-order valence-corrected chi connectivity index (χ2v) is 6.92. The van der Waals surface area contributed by atoms with Crippen molar-refractivity contribution in [3.63, 3.8) is 0 Å². The molecule has 2 heterocycles. The molecule has 1 aromatic carbocycles. The van der Waals surface area contributed by atoms with Gasteiger partial charge < -0.3 is 19.9 Å². The number of quaternary nitrogens is 1. The normalized spacial score (nSPS) is 24.2. The first-order chi connectivity index (χ1) is 12.0. The van der Waals surface area contributed by atoms with Gasteiger partial charge in [0.1, 0.15) is 12.1 Å². The van der Waals surface area contributed by atoms with Crippen LogP contribution >= 0.6 is 0 Å². The topological polar surface area (TPSA) is 92.5 Å². The zero-order valence-corrected chi connectivity index (χ0v) is 14.7. The molecule has 0 radical (unpaired) electrons. The van der Waals surface area contributed by atoms with Gasteiger partial charge in [0.2, 0.25) is 0 Å². The Hall–Kier alpha value is -2.19. The average molecular weight is 349 g/mol. The summed E-state index contributed by atoms with van der Waals surface area (Å²) in [4.78, 5) is 27.6. The van der Waals surface area contributed by atoms with E-state index in [-0.39, 0.29) is 11.6 Å². The van der Waals surface area contributed by atoms with E-state index < -0.39 is 4.92 Å². The van der Waals surface area contributed by atoms with Crippen LogP contribution in [0.15, 0.2) is 18.2 Å². The Morgan fingerprint density at radius 1 is 1.24 bits per heavy atom. The third kappa shape index (κ3) is 3.91. The fourth-order valence-electron chi connectivity index (χ4n) is 3.67. The molecular formula is C17H25N4O4+. The number of hydrogen-bond acceptors (Lipinski definition) is 5. The van der Waals surface area contributed by atoms with Crippen molar-refractivity contribution in [3.8, 4) is 0 Å². The molecular weight excluding hydrogens is 324 g/mol. The van der Waals surface area contributed by atoms with E-state index in [1.165, 1.54) is 12.1 Å². The van der Waals surface area contributed by atoms with Gasteiger partial charge in [-0.3, -0.25) is 14.9 Å². The number of amides is 1.